The van der Waals surface area contributed by atoms with E-state index in [1.807, 2.05) is 17.4 Å². The largest absolute Gasteiger partial charge is 0.392 e. The van der Waals surface area contributed by atoms with Crippen LogP contribution in [0.25, 0.3) is 0 Å². The van der Waals surface area contributed by atoms with E-state index in [4.69, 9.17) is 11.6 Å². The van der Waals surface area contributed by atoms with E-state index in [1.165, 1.54) is 16.9 Å². The summed E-state index contributed by atoms with van der Waals surface area (Å²) in [6.07, 6.45) is 6.99. The molecule has 0 aliphatic heterocycles. The molecule has 1 N–H and O–H groups in total. The smallest absolute Gasteiger partial charge is 0.0649 e. The van der Waals surface area contributed by atoms with Crippen LogP contribution >= 0.6 is 22.9 Å². The molecule has 0 fully saturated rings. The van der Waals surface area contributed by atoms with Crippen molar-refractivity contribution in [3.8, 4) is 0 Å². The van der Waals surface area contributed by atoms with Crippen molar-refractivity contribution in [1.82, 2.24) is 4.98 Å². The molecule has 0 radical (unpaired) electrons. The average molecular weight is 294 g/mol. The van der Waals surface area contributed by atoms with Crippen molar-refractivity contribution in [2.45, 2.75) is 37.7 Å². The summed E-state index contributed by atoms with van der Waals surface area (Å²) in [5, 5.41) is 13.3. The lowest BCUT2D eigenvalue weighted by atomic mass is 9.82. The quantitative estimate of drug-likeness (QED) is 0.933. The van der Waals surface area contributed by atoms with Crippen LogP contribution in [0.1, 0.15) is 34.8 Å². The zero-order valence-corrected chi connectivity index (χ0v) is 12.1. The minimum atomic E-state index is -0.367. The van der Waals surface area contributed by atoms with Crippen molar-refractivity contribution >= 4 is 22.9 Å². The number of aryl methyl sites for hydroxylation is 1. The van der Waals surface area contributed by atoms with Crippen LogP contribution < -0.4 is 0 Å². The van der Waals surface area contributed by atoms with Crippen molar-refractivity contribution in [2.75, 3.05) is 0 Å². The maximum atomic E-state index is 10.5. The van der Waals surface area contributed by atoms with Crippen molar-refractivity contribution in [3.05, 3.63) is 50.9 Å². The summed E-state index contributed by atoms with van der Waals surface area (Å²) in [5.74, 6) is 0.249. The number of nitrogens with zero attached hydrogens (tertiary/aromatic N) is 1. The van der Waals surface area contributed by atoms with Gasteiger partial charge in [0.15, 0.2) is 0 Å². The molecule has 0 saturated carbocycles. The van der Waals surface area contributed by atoms with E-state index in [2.05, 4.69) is 16.4 Å². The number of rotatable bonds is 3. The number of aliphatic hydroxyl groups is 1. The number of hydrogen-bond donors (Lipinski definition) is 1. The third kappa shape index (κ3) is 2.69. The molecular formula is C15H16ClNOS. The lowest BCUT2D eigenvalue weighted by Crippen LogP contribution is -2.24. The molecule has 4 heteroatoms. The molecule has 19 heavy (non-hydrogen) atoms. The Labute approximate surface area is 122 Å². The minimum Gasteiger partial charge on any atom is -0.392 e. The molecule has 0 aromatic carbocycles. The Morgan fingerprint density at radius 3 is 3.21 bits per heavy atom. The molecule has 2 atom stereocenters. The number of aromatic nitrogens is 1. The van der Waals surface area contributed by atoms with Gasteiger partial charge in [-0.25, -0.2) is 0 Å². The summed E-state index contributed by atoms with van der Waals surface area (Å²) in [6.45, 7) is 0. The molecule has 100 valence electrons. The fourth-order valence-electron chi connectivity index (χ4n) is 2.86. The van der Waals surface area contributed by atoms with Crippen LogP contribution in [-0.2, 0) is 12.8 Å². The topological polar surface area (TPSA) is 33.1 Å². The first kappa shape index (κ1) is 13.1. The molecule has 3 rings (SSSR count). The molecule has 2 unspecified atom stereocenters. The second-order valence-corrected chi connectivity index (χ2v) is 6.44. The monoisotopic (exact) mass is 293 g/mol. The van der Waals surface area contributed by atoms with Crippen molar-refractivity contribution in [3.63, 3.8) is 0 Å². The summed E-state index contributed by atoms with van der Waals surface area (Å²) in [4.78, 5) is 5.42. The molecule has 2 aromatic heterocycles. The van der Waals surface area contributed by atoms with E-state index in [0.717, 1.165) is 18.4 Å². The molecule has 1 aliphatic carbocycles. The van der Waals surface area contributed by atoms with E-state index in [9.17, 15) is 5.11 Å². The third-order valence-electron chi connectivity index (χ3n) is 3.85. The molecule has 0 saturated heterocycles. The van der Waals surface area contributed by atoms with Gasteiger partial charge in [0.2, 0.25) is 0 Å². The van der Waals surface area contributed by atoms with Crippen molar-refractivity contribution < 1.29 is 5.11 Å². The molecule has 2 nitrogen and oxygen atoms in total. The Balaban J connectivity index is 1.79. The number of pyridine rings is 1. The predicted octanol–water partition coefficient (Wildman–Crippen LogP) is 3.82. The molecule has 0 spiro atoms. The Morgan fingerprint density at radius 1 is 1.47 bits per heavy atom. The Hall–Kier alpha value is -0.900. The number of hydrogen-bond acceptors (Lipinski definition) is 3. The lowest BCUT2D eigenvalue weighted by molar-refractivity contribution is 0.135. The van der Waals surface area contributed by atoms with Gasteiger partial charge in [0.25, 0.3) is 0 Å². The Kier molecular flexibility index (Phi) is 3.87. The normalized spacial score (nSPS) is 20.0. The Morgan fingerprint density at radius 2 is 2.37 bits per heavy atom. The van der Waals surface area contributed by atoms with Crippen LogP contribution in [0, 0.1) is 0 Å². The van der Waals surface area contributed by atoms with E-state index < -0.39 is 0 Å². The van der Waals surface area contributed by atoms with Gasteiger partial charge in [0.1, 0.15) is 0 Å². The van der Waals surface area contributed by atoms with Crippen molar-refractivity contribution in [1.29, 1.82) is 0 Å². The van der Waals surface area contributed by atoms with Crippen LogP contribution in [0.4, 0.5) is 0 Å². The van der Waals surface area contributed by atoms with Gasteiger partial charge in [0, 0.05) is 29.6 Å². The Bertz CT molecular complexity index is 569. The van der Waals surface area contributed by atoms with Gasteiger partial charge in [0.05, 0.1) is 11.1 Å². The third-order valence-corrected chi connectivity index (χ3v) is 5.19. The van der Waals surface area contributed by atoms with Gasteiger partial charge in [-0.3, -0.25) is 4.98 Å². The highest BCUT2D eigenvalue weighted by molar-refractivity contribution is 7.10. The summed E-state index contributed by atoms with van der Waals surface area (Å²) in [5.41, 5.74) is 2.32. The lowest BCUT2D eigenvalue weighted by Gasteiger charge is -2.27. The summed E-state index contributed by atoms with van der Waals surface area (Å²) >= 11 is 7.92. The van der Waals surface area contributed by atoms with E-state index in [1.54, 1.807) is 12.4 Å². The van der Waals surface area contributed by atoms with Crippen molar-refractivity contribution in [2.24, 2.45) is 0 Å². The number of aliphatic hydroxyl groups excluding tert-OH is 1. The molecular weight excluding hydrogens is 278 g/mol. The van der Waals surface area contributed by atoms with Crippen LogP contribution in [0.3, 0.4) is 0 Å². The van der Waals surface area contributed by atoms with Gasteiger partial charge in [-0.2, -0.15) is 0 Å². The first-order valence-electron chi connectivity index (χ1n) is 6.58. The summed E-state index contributed by atoms with van der Waals surface area (Å²) < 4.78 is 0. The second-order valence-electron chi connectivity index (χ2n) is 5.04. The number of halogens is 1. The zero-order chi connectivity index (χ0) is 13.2. The van der Waals surface area contributed by atoms with E-state index in [0.29, 0.717) is 11.4 Å². The van der Waals surface area contributed by atoms with Gasteiger partial charge in [-0.1, -0.05) is 11.6 Å². The molecule has 2 aromatic rings. The van der Waals surface area contributed by atoms with Crippen LogP contribution in [-0.4, -0.2) is 16.2 Å². The highest BCUT2D eigenvalue weighted by atomic mass is 35.5. The standard InChI is InChI=1S/C15H16ClNOS/c16-13-9-17-6-4-10(13)8-14(18)11-2-1-3-15-12(11)5-7-19-15/h4-7,9,11,14,18H,1-3,8H2. The highest BCUT2D eigenvalue weighted by Crippen LogP contribution is 2.38. The van der Waals surface area contributed by atoms with E-state index >= 15 is 0 Å². The van der Waals surface area contributed by atoms with Crippen LogP contribution in [0.15, 0.2) is 29.9 Å². The summed E-state index contributed by atoms with van der Waals surface area (Å²) in [7, 11) is 0. The van der Waals surface area contributed by atoms with Crippen LogP contribution in [0.5, 0.6) is 0 Å². The SMILES string of the molecule is OC(Cc1ccncc1Cl)C1CCCc2sccc21. The number of fused-ring (bicyclic) bond motifs is 1. The van der Waals surface area contributed by atoms with Gasteiger partial charge in [-0.05, 0) is 47.9 Å². The molecule has 0 amide bonds. The second kappa shape index (κ2) is 5.61. The van der Waals surface area contributed by atoms with Gasteiger partial charge < -0.3 is 5.11 Å². The summed E-state index contributed by atoms with van der Waals surface area (Å²) in [6, 6.07) is 4.06. The molecule has 0 bridgehead atoms. The average Bonchev–Trinajstić information content (AvgIpc) is 2.89. The zero-order valence-electron chi connectivity index (χ0n) is 10.6. The van der Waals surface area contributed by atoms with Gasteiger partial charge >= 0.3 is 0 Å². The fraction of sp³-hybridized carbons (Fsp3) is 0.400. The first-order chi connectivity index (χ1) is 9.25. The van der Waals surface area contributed by atoms with Gasteiger partial charge in [-0.15, -0.1) is 11.3 Å². The number of thiophene rings is 1. The maximum Gasteiger partial charge on any atom is 0.0649 e. The maximum absolute atomic E-state index is 10.5. The first-order valence-corrected chi connectivity index (χ1v) is 7.84. The highest BCUT2D eigenvalue weighted by Gasteiger charge is 2.27. The van der Waals surface area contributed by atoms with E-state index in [-0.39, 0.29) is 12.0 Å². The minimum absolute atomic E-state index is 0.249. The molecule has 2 heterocycles. The molecule has 1 aliphatic rings. The fourth-order valence-corrected chi connectivity index (χ4v) is 4.05. The predicted molar refractivity (Wildman–Crippen MR) is 79.0 cm³/mol. The van der Waals surface area contributed by atoms with Crippen LogP contribution in [0.2, 0.25) is 5.02 Å².